The molecule has 0 radical (unpaired) electrons. The zero-order valence-corrected chi connectivity index (χ0v) is 11.9. The number of nitrogens with one attached hydrogen (secondary N) is 1. The first kappa shape index (κ1) is 13.9. The van der Waals surface area contributed by atoms with Crippen LogP contribution in [0.25, 0.3) is 0 Å². The summed E-state index contributed by atoms with van der Waals surface area (Å²) in [5.74, 6) is 0. The Morgan fingerprint density at radius 1 is 1.47 bits per heavy atom. The highest BCUT2D eigenvalue weighted by Crippen LogP contribution is 2.14. The van der Waals surface area contributed by atoms with E-state index in [-0.39, 0.29) is 22.9 Å². The molecule has 8 heteroatoms. The van der Waals surface area contributed by atoms with Gasteiger partial charge >= 0.3 is 0 Å². The standard InChI is InChI=1S/C11H13N3O3S2/c1-9-7-10(15)14(8-12-9)5-4-13-19(16,17)11-3-2-6-18-11/h2-3,6-8,13H,4-5H2,1H3. The smallest absolute Gasteiger partial charge is 0.253 e. The summed E-state index contributed by atoms with van der Waals surface area (Å²) >= 11 is 1.15. The minimum atomic E-state index is -3.48. The Balaban J connectivity index is 1.99. The summed E-state index contributed by atoms with van der Waals surface area (Å²) in [6.45, 7) is 2.12. The van der Waals surface area contributed by atoms with Crippen LogP contribution in [0, 0.1) is 6.92 Å². The first-order valence-corrected chi connectivity index (χ1v) is 7.91. The van der Waals surface area contributed by atoms with Gasteiger partial charge in [0.1, 0.15) is 4.21 Å². The predicted molar refractivity (Wildman–Crippen MR) is 72.7 cm³/mol. The molecule has 2 aromatic heterocycles. The van der Waals surface area contributed by atoms with Crippen LogP contribution >= 0.6 is 11.3 Å². The SMILES string of the molecule is Cc1cc(=O)n(CCNS(=O)(=O)c2cccs2)cn1. The summed E-state index contributed by atoms with van der Waals surface area (Å²) in [5, 5.41) is 1.70. The van der Waals surface area contributed by atoms with E-state index in [1.807, 2.05) is 0 Å². The van der Waals surface area contributed by atoms with Crippen molar-refractivity contribution in [3.8, 4) is 0 Å². The molecule has 2 rings (SSSR count). The fourth-order valence-corrected chi connectivity index (χ4v) is 3.53. The van der Waals surface area contributed by atoms with Gasteiger partial charge < -0.3 is 0 Å². The molecule has 0 aliphatic rings. The number of sulfonamides is 1. The normalized spacial score (nSPS) is 11.6. The van der Waals surface area contributed by atoms with Crippen molar-refractivity contribution < 1.29 is 8.42 Å². The lowest BCUT2D eigenvalue weighted by Crippen LogP contribution is -2.30. The van der Waals surface area contributed by atoms with Gasteiger partial charge in [-0.25, -0.2) is 18.1 Å². The third-order valence-corrected chi connectivity index (χ3v) is 5.28. The van der Waals surface area contributed by atoms with Gasteiger partial charge in [0.15, 0.2) is 0 Å². The maximum atomic E-state index is 11.8. The van der Waals surface area contributed by atoms with Crippen molar-refractivity contribution in [2.45, 2.75) is 17.7 Å². The van der Waals surface area contributed by atoms with Gasteiger partial charge in [0.2, 0.25) is 10.0 Å². The number of rotatable bonds is 5. The molecule has 0 atom stereocenters. The number of hydrogen-bond donors (Lipinski definition) is 1. The summed E-state index contributed by atoms with van der Waals surface area (Å²) in [7, 11) is -3.48. The minimum Gasteiger partial charge on any atom is -0.298 e. The van der Waals surface area contributed by atoms with Gasteiger partial charge in [-0.3, -0.25) is 9.36 Å². The van der Waals surface area contributed by atoms with Gasteiger partial charge in [0, 0.05) is 24.8 Å². The van der Waals surface area contributed by atoms with Crippen LogP contribution in [-0.2, 0) is 16.6 Å². The first-order chi connectivity index (χ1) is 8.99. The van der Waals surface area contributed by atoms with E-state index >= 15 is 0 Å². The van der Waals surface area contributed by atoms with Crippen LogP contribution in [0.1, 0.15) is 5.69 Å². The summed E-state index contributed by atoms with van der Waals surface area (Å²) in [5.41, 5.74) is 0.447. The third kappa shape index (κ3) is 3.49. The number of nitrogens with zero attached hydrogens (tertiary/aromatic N) is 2. The maximum Gasteiger partial charge on any atom is 0.253 e. The number of hydrogen-bond acceptors (Lipinski definition) is 5. The molecule has 2 heterocycles. The van der Waals surface area contributed by atoms with Gasteiger partial charge in [-0.05, 0) is 18.4 Å². The van der Waals surface area contributed by atoms with E-state index in [1.54, 1.807) is 18.4 Å². The molecule has 2 aromatic rings. The van der Waals surface area contributed by atoms with Crippen molar-refractivity contribution in [1.82, 2.24) is 14.3 Å². The molecule has 0 bridgehead atoms. The van der Waals surface area contributed by atoms with E-state index in [0.29, 0.717) is 5.69 Å². The third-order valence-electron chi connectivity index (χ3n) is 2.42. The second-order valence-electron chi connectivity index (χ2n) is 3.89. The average molecular weight is 299 g/mol. The molecule has 0 saturated carbocycles. The molecule has 0 spiro atoms. The molecule has 0 unspecified atom stereocenters. The Morgan fingerprint density at radius 2 is 2.26 bits per heavy atom. The summed E-state index contributed by atoms with van der Waals surface area (Å²) < 4.78 is 27.7. The van der Waals surface area contributed by atoms with Crippen LogP contribution in [0.3, 0.4) is 0 Å². The summed E-state index contributed by atoms with van der Waals surface area (Å²) in [6, 6.07) is 4.62. The Labute approximate surface area is 114 Å². The van der Waals surface area contributed by atoms with Crippen LogP contribution < -0.4 is 10.3 Å². The van der Waals surface area contributed by atoms with Crippen LogP contribution in [-0.4, -0.2) is 24.5 Å². The van der Waals surface area contributed by atoms with E-state index < -0.39 is 10.0 Å². The fourth-order valence-electron chi connectivity index (χ4n) is 1.47. The van der Waals surface area contributed by atoms with Gasteiger partial charge in [0.25, 0.3) is 5.56 Å². The second-order valence-corrected chi connectivity index (χ2v) is 6.83. The first-order valence-electron chi connectivity index (χ1n) is 5.55. The molecule has 0 fully saturated rings. The minimum absolute atomic E-state index is 0.144. The molecule has 0 amide bonds. The molecular formula is C11H13N3O3S2. The second kappa shape index (κ2) is 5.64. The van der Waals surface area contributed by atoms with Gasteiger partial charge in [0.05, 0.1) is 6.33 Å². The summed E-state index contributed by atoms with van der Waals surface area (Å²) in [4.78, 5) is 15.6. The zero-order valence-electron chi connectivity index (χ0n) is 10.2. The Bertz CT molecular complexity index is 705. The lowest BCUT2D eigenvalue weighted by Gasteiger charge is -2.06. The van der Waals surface area contributed by atoms with E-state index in [1.165, 1.54) is 23.0 Å². The van der Waals surface area contributed by atoms with E-state index in [2.05, 4.69) is 9.71 Å². The van der Waals surface area contributed by atoms with Gasteiger partial charge in [-0.1, -0.05) is 6.07 Å². The van der Waals surface area contributed by atoms with Crippen molar-refractivity contribution in [1.29, 1.82) is 0 Å². The molecule has 0 aliphatic heterocycles. The fraction of sp³-hybridized carbons (Fsp3) is 0.273. The highest BCUT2D eigenvalue weighted by atomic mass is 32.2. The van der Waals surface area contributed by atoms with E-state index in [9.17, 15) is 13.2 Å². The van der Waals surface area contributed by atoms with Crippen molar-refractivity contribution in [3.05, 3.63) is 46.0 Å². The number of thiophene rings is 1. The van der Waals surface area contributed by atoms with Crippen LogP contribution in [0.4, 0.5) is 0 Å². The molecule has 19 heavy (non-hydrogen) atoms. The monoisotopic (exact) mass is 299 g/mol. The molecule has 0 saturated heterocycles. The van der Waals surface area contributed by atoms with Crippen molar-refractivity contribution in [3.63, 3.8) is 0 Å². The quantitative estimate of drug-likeness (QED) is 0.876. The number of aromatic nitrogens is 2. The predicted octanol–water partition coefficient (Wildman–Crippen LogP) is 0.592. The van der Waals surface area contributed by atoms with Crippen LogP contribution in [0.5, 0.6) is 0 Å². The Hall–Kier alpha value is -1.51. The molecule has 0 aromatic carbocycles. The highest BCUT2D eigenvalue weighted by molar-refractivity contribution is 7.91. The Morgan fingerprint density at radius 3 is 2.89 bits per heavy atom. The Kier molecular flexibility index (Phi) is 4.13. The zero-order chi connectivity index (χ0) is 13.9. The molecule has 6 nitrogen and oxygen atoms in total. The largest absolute Gasteiger partial charge is 0.298 e. The molecule has 0 aliphatic carbocycles. The van der Waals surface area contributed by atoms with Gasteiger partial charge in [-0.15, -0.1) is 11.3 Å². The lowest BCUT2D eigenvalue weighted by atomic mass is 10.4. The van der Waals surface area contributed by atoms with E-state index in [4.69, 9.17) is 0 Å². The van der Waals surface area contributed by atoms with Crippen molar-refractivity contribution >= 4 is 21.4 Å². The highest BCUT2D eigenvalue weighted by Gasteiger charge is 2.13. The average Bonchev–Trinajstić information content (AvgIpc) is 2.86. The maximum absolute atomic E-state index is 11.8. The molecular weight excluding hydrogens is 286 g/mol. The van der Waals surface area contributed by atoms with E-state index in [0.717, 1.165) is 11.3 Å². The molecule has 102 valence electrons. The topological polar surface area (TPSA) is 81.1 Å². The van der Waals surface area contributed by atoms with Crippen molar-refractivity contribution in [2.24, 2.45) is 0 Å². The lowest BCUT2D eigenvalue weighted by molar-refractivity contribution is 0.570. The number of aryl methyl sites for hydroxylation is 1. The van der Waals surface area contributed by atoms with Crippen LogP contribution in [0.15, 0.2) is 38.9 Å². The summed E-state index contributed by atoms with van der Waals surface area (Å²) in [6.07, 6.45) is 1.41. The molecule has 1 N–H and O–H groups in total. The van der Waals surface area contributed by atoms with Crippen molar-refractivity contribution in [2.75, 3.05) is 6.54 Å². The van der Waals surface area contributed by atoms with Gasteiger partial charge in [-0.2, -0.15) is 0 Å². The van der Waals surface area contributed by atoms with Crippen LogP contribution in [0.2, 0.25) is 0 Å².